The lowest BCUT2D eigenvalue weighted by molar-refractivity contribution is 0.475. The molecule has 0 radical (unpaired) electrons. The van der Waals surface area contributed by atoms with Gasteiger partial charge >= 0.3 is 0 Å². The molecule has 2 aromatic carbocycles. The van der Waals surface area contributed by atoms with Crippen LogP contribution in [0.2, 0.25) is 0 Å². The first-order valence-corrected chi connectivity index (χ1v) is 7.41. The van der Waals surface area contributed by atoms with Crippen molar-refractivity contribution in [2.45, 2.75) is 13.3 Å². The van der Waals surface area contributed by atoms with E-state index >= 15 is 0 Å². The molecule has 3 heteroatoms. The summed E-state index contributed by atoms with van der Waals surface area (Å²) in [5, 5.41) is 10.6. The second-order valence-electron chi connectivity index (χ2n) is 5.18. The molecule has 3 aromatic rings. The highest BCUT2D eigenvalue weighted by molar-refractivity contribution is 7.15. The number of fused-ring (bicyclic) bond motifs is 3. The normalized spacial score (nSPS) is 12.2. The van der Waals surface area contributed by atoms with Crippen molar-refractivity contribution >= 4 is 11.3 Å². The number of hydrogen-bond acceptors (Lipinski definition) is 3. The topological polar surface area (TPSA) is 33.1 Å². The first kappa shape index (κ1) is 11.7. The van der Waals surface area contributed by atoms with Gasteiger partial charge < -0.3 is 5.11 Å². The summed E-state index contributed by atoms with van der Waals surface area (Å²) in [6.45, 7) is 2.11. The maximum Gasteiger partial charge on any atom is 0.124 e. The summed E-state index contributed by atoms with van der Waals surface area (Å²) in [7, 11) is 0. The van der Waals surface area contributed by atoms with Crippen LogP contribution in [0.3, 0.4) is 0 Å². The van der Waals surface area contributed by atoms with Gasteiger partial charge in [-0.05, 0) is 30.7 Å². The van der Waals surface area contributed by atoms with Crippen LogP contribution in [-0.4, -0.2) is 10.1 Å². The van der Waals surface area contributed by atoms with Gasteiger partial charge in [0.05, 0.1) is 5.69 Å². The van der Waals surface area contributed by atoms with Crippen LogP contribution in [0.15, 0.2) is 42.5 Å². The first-order chi connectivity index (χ1) is 9.70. The molecule has 0 fully saturated rings. The fourth-order valence-corrected chi connectivity index (χ4v) is 3.78. The number of aryl methyl sites for hydroxylation is 1. The molecule has 0 spiro atoms. The fourth-order valence-electron chi connectivity index (χ4n) is 2.68. The molecular formula is C17H13NOS. The van der Waals surface area contributed by atoms with Crippen molar-refractivity contribution in [3.8, 4) is 27.6 Å². The maximum absolute atomic E-state index is 9.59. The minimum atomic E-state index is 0.286. The predicted octanol–water partition coefficient (Wildman–Crippen LogP) is 4.40. The molecule has 1 N–H and O–H groups in total. The molecule has 20 heavy (non-hydrogen) atoms. The Morgan fingerprint density at radius 2 is 2.05 bits per heavy atom. The lowest BCUT2D eigenvalue weighted by Crippen LogP contribution is -1.83. The van der Waals surface area contributed by atoms with Crippen molar-refractivity contribution in [3.63, 3.8) is 0 Å². The van der Waals surface area contributed by atoms with Crippen molar-refractivity contribution in [2.75, 3.05) is 0 Å². The number of phenols is 1. The van der Waals surface area contributed by atoms with Gasteiger partial charge in [-0.15, -0.1) is 11.3 Å². The van der Waals surface area contributed by atoms with Gasteiger partial charge in [-0.1, -0.05) is 29.8 Å². The van der Waals surface area contributed by atoms with Crippen LogP contribution in [0.25, 0.3) is 21.8 Å². The number of thiazole rings is 1. The van der Waals surface area contributed by atoms with Crippen molar-refractivity contribution in [1.29, 1.82) is 0 Å². The number of aromatic nitrogens is 1. The maximum atomic E-state index is 9.59. The smallest absolute Gasteiger partial charge is 0.124 e. The lowest BCUT2D eigenvalue weighted by atomic mass is 10.1. The van der Waals surface area contributed by atoms with Gasteiger partial charge in [-0.25, -0.2) is 4.98 Å². The van der Waals surface area contributed by atoms with Crippen LogP contribution < -0.4 is 0 Å². The summed E-state index contributed by atoms with van der Waals surface area (Å²) in [4.78, 5) is 6.12. The van der Waals surface area contributed by atoms with E-state index in [1.807, 2.05) is 12.1 Å². The molecule has 1 aromatic heterocycles. The van der Waals surface area contributed by atoms with E-state index in [0.717, 1.165) is 22.7 Å². The minimum Gasteiger partial charge on any atom is -0.508 e. The van der Waals surface area contributed by atoms with Gasteiger partial charge in [-0.3, -0.25) is 0 Å². The first-order valence-electron chi connectivity index (χ1n) is 6.60. The summed E-state index contributed by atoms with van der Waals surface area (Å²) in [5.41, 5.74) is 6.00. The Kier molecular flexibility index (Phi) is 2.44. The molecule has 0 aliphatic heterocycles. The summed E-state index contributed by atoms with van der Waals surface area (Å²) in [6, 6.07) is 13.9. The quantitative estimate of drug-likeness (QED) is 0.560. The molecule has 0 saturated heterocycles. The average Bonchev–Trinajstić information content (AvgIpc) is 2.97. The second kappa shape index (κ2) is 4.18. The molecule has 2 nitrogen and oxygen atoms in total. The van der Waals surface area contributed by atoms with Crippen molar-refractivity contribution in [3.05, 3.63) is 58.5 Å². The van der Waals surface area contributed by atoms with Crippen molar-refractivity contribution < 1.29 is 5.11 Å². The summed E-state index contributed by atoms with van der Waals surface area (Å²) in [5.74, 6) is 0.286. The van der Waals surface area contributed by atoms with Crippen molar-refractivity contribution in [2.24, 2.45) is 0 Å². The molecule has 0 amide bonds. The zero-order valence-corrected chi connectivity index (χ0v) is 11.9. The number of benzene rings is 2. The largest absolute Gasteiger partial charge is 0.508 e. The Morgan fingerprint density at radius 1 is 1.15 bits per heavy atom. The Morgan fingerprint density at radius 3 is 2.90 bits per heavy atom. The summed E-state index contributed by atoms with van der Waals surface area (Å²) < 4.78 is 0. The standard InChI is InChI=1S/C17H13NOS/c1-10-5-6-11-9-15-16(14(11)7-10)18-17(20-15)12-3-2-4-13(19)8-12/h2-8,19H,9H2,1H3. The number of nitrogens with zero attached hydrogens (tertiary/aromatic N) is 1. The van der Waals surface area contributed by atoms with E-state index in [4.69, 9.17) is 4.98 Å². The molecule has 0 bridgehead atoms. The van der Waals surface area contributed by atoms with E-state index in [9.17, 15) is 5.11 Å². The number of rotatable bonds is 1. The Hall–Kier alpha value is -2.13. The number of hydrogen-bond donors (Lipinski definition) is 1. The van der Waals surface area contributed by atoms with Gasteiger partial charge in [0.25, 0.3) is 0 Å². The summed E-state index contributed by atoms with van der Waals surface area (Å²) >= 11 is 1.72. The highest BCUT2D eigenvalue weighted by Gasteiger charge is 2.23. The van der Waals surface area contributed by atoms with E-state index in [1.54, 1.807) is 23.5 Å². The zero-order chi connectivity index (χ0) is 13.7. The molecule has 1 aliphatic carbocycles. The van der Waals surface area contributed by atoms with Crippen LogP contribution in [0.1, 0.15) is 16.0 Å². The predicted molar refractivity (Wildman–Crippen MR) is 82.2 cm³/mol. The third-order valence-electron chi connectivity index (χ3n) is 3.66. The molecule has 1 heterocycles. The van der Waals surface area contributed by atoms with Crippen LogP contribution in [0, 0.1) is 6.92 Å². The SMILES string of the molecule is Cc1ccc2c(c1)-c1nc(-c3cccc(O)c3)sc1C2. The third-order valence-corrected chi connectivity index (χ3v) is 4.77. The van der Waals surface area contributed by atoms with Crippen LogP contribution >= 0.6 is 11.3 Å². The summed E-state index contributed by atoms with van der Waals surface area (Å²) in [6.07, 6.45) is 0.974. The second-order valence-corrected chi connectivity index (χ2v) is 6.26. The van der Waals surface area contributed by atoms with Crippen molar-refractivity contribution in [1.82, 2.24) is 4.98 Å². The molecule has 0 unspecified atom stereocenters. The highest BCUT2D eigenvalue weighted by atomic mass is 32.1. The van der Waals surface area contributed by atoms with Gasteiger partial charge in [0.1, 0.15) is 10.8 Å². The van der Waals surface area contributed by atoms with Crippen LogP contribution in [0.4, 0.5) is 0 Å². The number of phenolic OH excluding ortho intramolecular Hbond substituents is 1. The van der Waals surface area contributed by atoms with E-state index in [-0.39, 0.29) is 5.75 Å². The Balaban J connectivity index is 1.84. The lowest BCUT2D eigenvalue weighted by Gasteiger charge is -2.01. The zero-order valence-electron chi connectivity index (χ0n) is 11.1. The van der Waals surface area contributed by atoms with Gasteiger partial charge in [0.15, 0.2) is 0 Å². The molecule has 0 saturated carbocycles. The Bertz CT molecular complexity index is 820. The molecule has 1 aliphatic rings. The molecule has 4 rings (SSSR count). The molecule has 0 atom stereocenters. The number of aromatic hydroxyl groups is 1. The van der Waals surface area contributed by atoms with Gasteiger partial charge in [-0.2, -0.15) is 0 Å². The van der Waals surface area contributed by atoms with E-state index < -0.39 is 0 Å². The molecular weight excluding hydrogens is 266 g/mol. The van der Waals surface area contributed by atoms with Crippen LogP contribution in [-0.2, 0) is 6.42 Å². The minimum absolute atomic E-state index is 0.286. The van der Waals surface area contributed by atoms with E-state index in [2.05, 4.69) is 25.1 Å². The average molecular weight is 279 g/mol. The van der Waals surface area contributed by atoms with Gasteiger partial charge in [0, 0.05) is 22.4 Å². The van der Waals surface area contributed by atoms with E-state index in [1.165, 1.54) is 21.6 Å². The Labute approximate surface area is 121 Å². The monoisotopic (exact) mass is 279 g/mol. The van der Waals surface area contributed by atoms with Crippen LogP contribution in [0.5, 0.6) is 5.75 Å². The third kappa shape index (κ3) is 1.74. The highest BCUT2D eigenvalue weighted by Crippen LogP contribution is 2.42. The molecule has 98 valence electrons. The van der Waals surface area contributed by atoms with E-state index in [0.29, 0.717) is 0 Å². The van der Waals surface area contributed by atoms with Gasteiger partial charge in [0.2, 0.25) is 0 Å². The fraction of sp³-hybridized carbons (Fsp3) is 0.118.